The van der Waals surface area contributed by atoms with Crippen molar-refractivity contribution in [3.05, 3.63) is 40.3 Å². The zero-order valence-electron chi connectivity index (χ0n) is 11.9. The molecule has 0 saturated heterocycles. The number of thioether (sulfide) groups is 1. The highest BCUT2D eigenvalue weighted by atomic mass is 32.2. The molecule has 0 aliphatic heterocycles. The highest BCUT2D eigenvalue weighted by Gasteiger charge is 2.14. The second kappa shape index (κ2) is 9.96. The van der Waals surface area contributed by atoms with Crippen molar-refractivity contribution < 1.29 is 14.6 Å². The van der Waals surface area contributed by atoms with Gasteiger partial charge in [-0.15, -0.1) is 0 Å². The summed E-state index contributed by atoms with van der Waals surface area (Å²) < 4.78 is 5.10. The van der Waals surface area contributed by atoms with Gasteiger partial charge in [0.25, 0.3) is 0 Å². The molecule has 0 aromatic heterocycles. The lowest BCUT2D eigenvalue weighted by Crippen LogP contribution is -2.16. The summed E-state index contributed by atoms with van der Waals surface area (Å²) in [4.78, 5) is 13.3. The largest absolute Gasteiger partial charge is 0.497 e. The third kappa shape index (κ3) is 6.92. The number of carboxylic acid groups (broad SMARTS) is 1. The molecule has 1 aromatic rings. The molecule has 6 nitrogen and oxygen atoms in total. The molecule has 0 heterocycles. The van der Waals surface area contributed by atoms with Gasteiger partial charge in [0.15, 0.2) is 0 Å². The van der Waals surface area contributed by atoms with Crippen LogP contribution in [0.5, 0.6) is 5.75 Å². The van der Waals surface area contributed by atoms with E-state index in [-0.39, 0.29) is 0 Å². The number of hydrogen-bond acceptors (Lipinski definition) is 4. The minimum absolute atomic E-state index is 0.391. The summed E-state index contributed by atoms with van der Waals surface area (Å²) in [5.41, 5.74) is 9.51. The Kier molecular flexibility index (Phi) is 8.16. The Labute approximate surface area is 128 Å². The quantitative estimate of drug-likeness (QED) is 0.307. The number of azide groups is 1. The number of carbonyl (C=O) groups is 1. The Bertz CT molecular complexity index is 485. The van der Waals surface area contributed by atoms with Crippen LogP contribution in [0.1, 0.15) is 24.8 Å². The summed E-state index contributed by atoms with van der Waals surface area (Å²) >= 11 is 1.80. The highest BCUT2D eigenvalue weighted by molar-refractivity contribution is 7.98. The van der Waals surface area contributed by atoms with Gasteiger partial charge < -0.3 is 9.84 Å². The summed E-state index contributed by atoms with van der Waals surface area (Å²) in [6, 6.07) is 7.00. The number of unbranched alkanes of at least 4 members (excludes halogenated alkanes) is 1. The number of ether oxygens (including phenoxy) is 1. The first kappa shape index (κ1) is 17.2. The molecular weight excluding hydrogens is 290 g/mol. The van der Waals surface area contributed by atoms with Crippen LogP contribution in [0.25, 0.3) is 10.4 Å². The van der Waals surface area contributed by atoms with Gasteiger partial charge in [0, 0.05) is 10.7 Å². The summed E-state index contributed by atoms with van der Waals surface area (Å²) in [7, 11) is 1.64. The van der Waals surface area contributed by atoms with Crippen LogP contribution >= 0.6 is 11.8 Å². The van der Waals surface area contributed by atoms with E-state index in [1.54, 1.807) is 18.9 Å². The predicted molar refractivity (Wildman–Crippen MR) is 83.6 cm³/mol. The van der Waals surface area contributed by atoms with Gasteiger partial charge in [-0.3, -0.25) is 4.79 Å². The van der Waals surface area contributed by atoms with Crippen molar-refractivity contribution in [2.45, 2.75) is 31.1 Å². The fourth-order valence-corrected chi connectivity index (χ4v) is 2.73. The van der Waals surface area contributed by atoms with Crippen molar-refractivity contribution in [3.8, 4) is 5.75 Å². The lowest BCUT2D eigenvalue weighted by molar-refractivity contribution is -0.138. The van der Waals surface area contributed by atoms with Crippen LogP contribution in [0.4, 0.5) is 0 Å². The van der Waals surface area contributed by atoms with Crippen LogP contribution in [-0.4, -0.2) is 30.0 Å². The Morgan fingerprint density at radius 2 is 2.14 bits per heavy atom. The van der Waals surface area contributed by atoms with E-state index in [2.05, 4.69) is 10.0 Å². The molecule has 1 atom stereocenters. The first-order chi connectivity index (χ1) is 10.2. The van der Waals surface area contributed by atoms with Gasteiger partial charge in [0.1, 0.15) is 11.8 Å². The van der Waals surface area contributed by atoms with Crippen molar-refractivity contribution in [2.75, 3.05) is 12.9 Å². The molecule has 0 fully saturated rings. The number of methoxy groups -OCH3 is 1. The van der Waals surface area contributed by atoms with Crippen LogP contribution in [0.2, 0.25) is 0 Å². The van der Waals surface area contributed by atoms with E-state index in [0.717, 1.165) is 30.1 Å². The SMILES string of the molecule is COc1ccc(CSCCCC[C@H](N=[N+]=[N-])C(=O)O)cc1. The second-order valence-electron chi connectivity index (χ2n) is 4.46. The molecule has 0 saturated carbocycles. The van der Waals surface area contributed by atoms with Gasteiger partial charge in [0.05, 0.1) is 7.11 Å². The fraction of sp³-hybridized carbons (Fsp3) is 0.500. The van der Waals surface area contributed by atoms with Crippen LogP contribution < -0.4 is 4.74 Å². The molecule has 0 aliphatic rings. The van der Waals surface area contributed by atoms with Crippen molar-refractivity contribution in [1.82, 2.24) is 0 Å². The van der Waals surface area contributed by atoms with Gasteiger partial charge in [0.2, 0.25) is 0 Å². The number of aliphatic carboxylic acids is 1. The molecular formula is C14H19N3O3S. The molecule has 0 spiro atoms. The Morgan fingerprint density at radius 3 is 2.71 bits per heavy atom. The number of hydrogen-bond donors (Lipinski definition) is 1. The van der Waals surface area contributed by atoms with Crippen molar-refractivity contribution in [1.29, 1.82) is 0 Å². The summed E-state index contributed by atoms with van der Waals surface area (Å²) in [5, 5.41) is 12.1. The van der Waals surface area contributed by atoms with Gasteiger partial charge in [-0.1, -0.05) is 23.7 Å². The molecule has 0 aliphatic carbocycles. The zero-order chi connectivity index (χ0) is 15.5. The second-order valence-corrected chi connectivity index (χ2v) is 5.56. The van der Waals surface area contributed by atoms with E-state index in [9.17, 15) is 4.79 Å². The molecule has 21 heavy (non-hydrogen) atoms. The third-order valence-corrected chi connectivity index (χ3v) is 4.03. The van der Waals surface area contributed by atoms with Crippen molar-refractivity contribution in [2.24, 2.45) is 5.11 Å². The third-order valence-electron chi connectivity index (χ3n) is 2.92. The van der Waals surface area contributed by atoms with Gasteiger partial charge in [-0.25, -0.2) is 0 Å². The molecule has 1 aromatic carbocycles. The van der Waals surface area contributed by atoms with Crippen LogP contribution in [0.3, 0.4) is 0 Å². The average Bonchev–Trinajstić information content (AvgIpc) is 2.50. The predicted octanol–water partition coefficient (Wildman–Crippen LogP) is 3.86. The van der Waals surface area contributed by atoms with Crippen molar-refractivity contribution in [3.63, 3.8) is 0 Å². The maximum absolute atomic E-state index is 10.8. The Balaban J connectivity index is 2.16. The standard InChI is InChI=1S/C14H19N3O3S/c1-20-12-7-5-11(6-8-12)10-21-9-3-2-4-13(14(18)19)16-17-15/h5-8,13H,2-4,9-10H2,1H3,(H,18,19)/t13-/m0/s1. The molecule has 0 amide bonds. The molecule has 0 bridgehead atoms. The lowest BCUT2D eigenvalue weighted by atomic mass is 10.1. The zero-order valence-corrected chi connectivity index (χ0v) is 12.8. The molecule has 0 unspecified atom stereocenters. The lowest BCUT2D eigenvalue weighted by Gasteiger charge is -2.06. The number of carboxylic acids is 1. The van der Waals surface area contributed by atoms with Crippen LogP contribution in [0.15, 0.2) is 29.4 Å². The number of rotatable bonds is 10. The van der Waals surface area contributed by atoms with Crippen molar-refractivity contribution >= 4 is 17.7 Å². The van der Waals surface area contributed by atoms with E-state index < -0.39 is 12.0 Å². The smallest absolute Gasteiger partial charge is 0.312 e. The maximum Gasteiger partial charge on any atom is 0.312 e. The Morgan fingerprint density at radius 1 is 1.43 bits per heavy atom. The summed E-state index contributed by atoms with van der Waals surface area (Å²) in [6.07, 6.45) is 2.04. The number of benzene rings is 1. The van der Waals surface area contributed by atoms with E-state index in [1.807, 2.05) is 24.3 Å². The van der Waals surface area contributed by atoms with Gasteiger partial charge in [-0.2, -0.15) is 11.8 Å². The topological polar surface area (TPSA) is 95.3 Å². The molecule has 0 radical (unpaired) electrons. The number of nitrogens with zero attached hydrogens (tertiary/aromatic N) is 3. The highest BCUT2D eigenvalue weighted by Crippen LogP contribution is 2.18. The summed E-state index contributed by atoms with van der Waals surface area (Å²) in [6.45, 7) is 0. The molecule has 1 N–H and O–H groups in total. The monoisotopic (exact) mass is 309 g/mol. The van der Waals surface area contributed by atoms with Gasteiger partial charge >= 0.3 is 5.97 Å². The van der Waals surface area contributed by atoms with Crippen LogP contribution in [0, 0.1) is 0 Å². The molecule has 1 rings (SSSR count). The first-order valence-electron chi connectivity index (χ1n) is 6.65. The fourth-order valence-electron chi connectivity index (χ4n) is 1.75. The minimum Gasteiger partial charge on any atom is -0.497 e. The Hall–Kier alpha value is -1.85. The minimum atomic E-state index is -1.06. The maximum atomic E-state index is 10.8. The average molecular weight is 309 g/mol. The van der Waals surface area contributed by atoms with Crippen LogP contribution in [-0.2, 0) is 10.5 Å². The van der Waals surface area contributed by atoms with E-state index in [4.69, 9.17) is 15.4 Å². The van der Waals surface area contributed by atoms with E-state index in [0.29, 0.717) is 6.42 Å². The summed E-state index contributed by atoms with van der Waals surface area (Å²) in [5.74, 6) is 1.66. The normalized spacial score (nSPS) is 11.5. The van der Waals surface area contributed by atoms with E-state index >= 15 is 0 Å². The van der Waals surface area contributed by atoms with E-state index in [1.165, 1.54) is 5.56 Å². The molecule has 114 valence electrons. The molecule has 7 heteroatoms. The van der Waals surface area contributed by atoms with Gasteiger partial charge in [-0.05, 0) is 41.8 Å². The first-order valence-corrected chi connectivity index (χ1v) is 7.80.